The summed E-state index contributed by atoms with van der Waals surface area (Å²) in [5, 5.41) is 0. The first kappa shape index (κ1) is 9.47. The largest absolute Gasteiger partial charge is 0.0736 e. The zero-order valence-corrected chi connectivity index (χ0v) is 10.3. The Bertz CT molecular complexity index is 592. The molecule has 0 amide bonds. The van der Waals surface area contributed by atoms with E-state index in [-0.39, 0.29) is 10.8 Å². The molecule has 3 unspecified atom stereocenters. The molecule has 3 atom stereocenters. The molecule has 0 heterocycles. The highest BCUT2D eigenvalue weighted by molar-refractivity contribution is 5.62. The number of allylic oxidation sites excluding steroid dienone is 12. The van der Waals surface area contributed by atoms with E-state index in [4.69, 9.17) is 0 Å². The SMILES string of the molecule is CC12C=CC=C3C=CC=C4C=CC=C1C4C32C. The van der Waals surface area contributed by atoms with Crippen LogP contribution in [0.25, 0.3) is 0 Å². The maximum Gasteiger partial charge on any atom is 0.0178 e. The summed E-state index contributed by atoms with van der Waals surface area (Å²) in [5.41, 5.74) is 4.99. The van der Waals surface area contributed by atoms with Gasteiger partial charge in [-0.25, -0.2) is 0 Å². The Morgan fingerprint density at radius 3 is 2.65 bits per heavy atom. The zero-order valence-electron chi connectivity index (χ0n) is 10.3. The number of hydrogen-bond acceptors (Lipinski definition) is 0. The fourth-order valence-corrected chi connectivity index (χ4v) is 4.17. The van der Waals surface area contributed by atoms with Gasteiger partial charge in [0.05, 0.1) is 0 Å². The van der Waals surface area contributed by atoms with Crippen LogP contribution in [-0.4, -0.2) is 0 Å². The fourth-order valence-electron chi connectivity index (χ4n) is 4.17. The molecule has 4 rings (SSSR count). The summed E-state index contributed by atoms with van der Waals surface area (Å²) in [5.74, 6) is 0.587. The lowest BCUT2D eigenvalue weighted by molar-refractivity contribution is 0.0567. The number of rotatable bonds is 0. The molecule has 0 spiro atoms. The van der Waals surface area contributed by atoms with Crippen LogP contribution >= 0.6 is 0 Å². The lowest BCUT2D eigenvalue weighted by atomic mass is 9.37. The minimum atomic E-state index is 0.209. The minimum absolute atomic E-state index is 0.209. The van der Waals surface area contributed by atoms with Gasteiger partial charge in [-0.1, -0.05) is 74.1 Å². The average molecular weight is 220 g/mol. The molecule has 0 bridgehead atoms. The van der Waals surface area contributed by atoms with Crippen LogP contribution in [0.15, 0.2) is 71.4 Å². The smallest absolute Gasteiger partial charge is 0.0178 e. The van der Waals surface area contributed by atoms with Crippen molar-refractivity contribution in [2.75, 3.05) is 0 Å². The van der Waals surface area contributed by atoms with Gasteiger partial charge < -0.3 is 0 Å². The predicted octanol–water partition coefficient (Wildman–Crippen LogP) is 4.12. The van der Waals surface area contributed by atoms with Crippen LogP contribution in [0.3, 0.4) is 0 Å². The number of fused-ring (bicyclic) bond motifs is 1. The van der Waals surface area contributed by atoms with E-state index < -0.39 is 0 Å². The van der Waals surface area contributed by atoms with Crippen LogP contribution < -0.4 is 0 Å². The van der Waals surface area contributed by atoms with E-state index in [1.165, 1.54) is 11.1 Å². The Labute approximate surface area is 102 Å². The van der Waals surface area contributed by atoms with Crippen LogP contribution in [0.4, 0.5) is 0 Å². The first-order chi connectivity index (χ1) is 8.18. The Kier molecular flexibility index (Phi) is 1.47. The summed E-state index contributed by atoms with van der Waals surface area (Å²) in [4.78, 5) is 0. The molecule has 0 saturated heterocycles. The van der Waals surface area contributed by atoms with Crippen molar-refractivity contribution in [1.82, 2.24) is 0 Å². The van der Waals surface area contributed by atoms with Gasteiger partial charge in [-0.3, -0.25) is 0 Å². The Morgan fingerprint density at radius 2 is 1.76 bits per heavy atom. The van der Waals surface area contributed by atoms with Gasteiger partial charge in [0, 0.05) is 16.7 Å². The molecular weight excluding hydrogens is 204 g/mol. The fraction of sp³-hybridized carbons (Fsp3) is 0.294. The molecule has 0 N–H and O–H groups in total. The second-order valence-corrected chi connectivity index (χ2v) is 5.83. The van der Waals surface area contributed by atoms with Crippen LogP contribution in [-0.2, 0) is 0 Å². The van der Waals surface area contributed by atoms with Gasteiger partial charge in [0.15, 0.2) is 0 Å². The van der Waals surface area contributed by atoms with Crippen molar-refractivity contribution in [3.05, 3.63) is 71.4 Å². The third-order valence-electron chi connectivity index (χ3n) is 5.33. The molecule has 1 fully saturated rings. The average Bonchev–Trinajstić information content (AvgIpc) is 2.48. The summed E-state index contributed by atoms with van der Waals surface area (Å²) in [7, 11) is 0. The van der Waals surface area contributed by atoms with Gasteiger partial charge in [-0.05, 0) is 11.1 Å². The summed E-state index contributed by atoms with van der Waals surface area (Å²) < 4.78 is 0. The predicted molar refractivity (Wildman–Crippen MR) is 71.4 cm³/mol. The molecule has 0 aromatic carbocycles. The summed E-state index contributed by atoms with van der Waals surface area (Å²) in [6.45, 7) is 4.81. The van der Waals surface area contributed by atoms with Crippen molar-refractivity contribution in [3.8, 4) is 0 Å². The van der Waals surface area contributed by atoms with Crippen LogP contribution in [0.2, 0.25) is 0 Å². The quantitative estimate of drug-likeness (QED) is 0.576. The van der Waals surface area contributed by atoms with E-state index in [1.54, 1.807) is 5.57 Å². The molecule has 17 heavy (non-hydrogen) atoms. The maximum absolute atomic E-state index is 2.42. The monoisotopic (exact) mass is 220 g/mol. The van der Waals surface area contributed by atoms with Gasteiger partial charge >= 0.3 is 0 Å². The van der Waals surface area contributed by atoms with Crippen molar-refractivity contribution in [1.29, 1.82) is 0 Å². The van der Waals surface area contributed by atoms with Gasteiger partial charge in [-0.2, -0.15) is 0 Å². The first-order valence-electron chi connectivity index (χ1n) is 6.35. The van der Waals surface area contributed by atoms with Gasteiger partial charge in [0.25, 0.3) is 0 Å². The molecular formula is C17H16. The van der Waals surface area contributed by atoms with E-state index in [0.717, 1.165) is 0 Å². The van der Waals surface area contributed by atoms with Gasteiger partial charge in [0.1, 0.15) is 0 Å². The summed E-state index contributed by atoms with van der Waals surface area (Å²) >= 11 is 0. The normalized spacial score (nSPS) is 44.1. The van der Waals surface area contributed by atoms with E-state index in [1.807, 2.05) is 0 Å². The molecule has 4 aliphatic carbocycles. The molecule has 4 aliphatic rings. The summed E-state index contributed by atoms with van der Waals surface area (Å²) in [6.07, 6.45) is 20.5. The topological polar surface area (TPSA) is 0 Å². The second kappa shape index (κ2) is 2.64. The zero-order chi connectivity index (χ0) is 11.7. The van der Waals surface area contributed by atoms with Crippen molar-refractivity contribution >= 4 is 0 Å². The third kappa shape index (κ3) is 0.813. The van der Waals surface area contributed by atoms with E-state index in [0.29, 0.717) is 5.92 Å². The van der Waals surface area contributed by atoms with Gasteiger partial charge in [-0.15, -0.1) is 0 Å². The maximum atomic E-state index is 2.42. The van der Waals surface area contributed by atoms with Gasteiger partial charge in [0.2, 0.25) is 0 Å². The third-order valence-corrected chi connectivity index (χ3v) is 5.33. The molecule has 0 aromatic rings. The van der Waals surface area contributed by atoms with Crippen molar-refractivity contribution in [3.63, 3.8) is 0 Å². The lowest BCUT2D eigenvalue weighted by Gasteiger charge is -2.65. The van der Waals surface area contributed by atoms with Crippen LogP contribution in [0, 0.1) is 16.7 Å². The van der Waals surface area contributed by atoms with Crippen molar-refractivity contribution in [2.24, 2.45) is 16.7 Å². The minimum Gasteiger partial charge on any atom is -0.0736 e. The highest BCUT2D eigenvalue weighted by Crippen LogP contribution is 2.72. The Balaban J connectivity index is 2.06. The molecule has 1 saturated carbocycles. The molecule has 0 aliphatic heterocycles. The van der Waals surface area contributed by atoms with E-state index in [2.05, 4.69) is 68.5 Å². The molecule has 0 heteroatoms. The highest BCUT2D eigenvalue weighted by atomic mass is 14.7. The van der Waals surface area contributed by atoms with Crippen LogP contribution in [0.5, 0.6) is 0 Å². The highest BCUT2D eigenvalue weighted by Gasteiger charge is 2.65. The second-order valence-electron chi connectivity index (χ2n) is 5.83. The van der Waals surface area contributed by atoms with Crippen molar-refractivity contribution in [2.45, 2.75) is 13.8 Å². The van der Waals surface area contributed by atoms with E-state index in [9.17, 15) is 0 Å². The summed E-state index contributed by atoms with van der Waals surface area (Å²) in [6, 6.07) is 0. The Hall–Kier alpha value is -1.56. The first-order valence-corrected chi connectivity index (χ1v) is 6.35. The van der Waals surface area contributed by atoms with Crippen molar-refractivity contribution < 1.29 is 0 Å². The van der Waals surface area contributed by atoms with Crippen LogP contribution in [0.1, 0.15) is 13.8 Å². The molecule has 0 aromatic heterocycles. The Morgan fingerprint density at radius 1 is 0.941 bits per heavy atom. The number of hydrogen-bond donors (Lipinski definition) is 0. The molecule has 0 radical (unpaired) electrons. The standard InChI is InChI=1S/C17H16/c1-16-11-5-9-13-8-3-6-12-7-4-10-14(16)15(12)17(13,16)2/h3-11,15H,1-2H3. The van der Waals surface area contributed by atoms with E-state index >= 15 is 0 Å². The molecule has 0 nitrogen and oxygen atoms in total. The molecule has 84 valence electrons. The lowest BCUT2D eigenvalue weighted by Crippen LogP contribution is -2.58.